The van der Waals surface area contributed by atoms with Crippen LogP contribution in [-0.2, 0) is 40.8 Å². The van der Waals surface area contributed by atoms with E-state index < -0.39 is 28.2 Å². The minimum absolute atomic E-state index is 0.0310. The summed E-state index contributed by atoms with van der Waals surface area (Å²) in [6.07, 6.45) is 6.88. The van der Waals surface area contributed by atoms with Crippen LogP contribution in [0, 0.1) is 11.7 Å². The van der Waals surface area contributed by atoms with E-state index in [2.05, 4.69) is 51.0 Å². The van der Waals surface area contributed by atoms with Crippen LogP contribution >= 0.6 is 11.6 Å². The van der Waals surface area contributed by atoms with Crippen LogP contribution in [0.1, 0.15) is 81.7 Å². The van der Waals surface area contributed by atoms with Crippen LogP contribution in [0.4, 0.5) is 22.0 Å². The Morgan fingerprint density at radius 3 is 1.88 bits per heavy atom. The highest BCUT2D eigenvalue weighted by Crippen LogP contribution is 2.45. The van der Waals surface area contributed by atoms with Gasteiger partial charge in [0.1, 0.15) is 30.5 Å². The number of unbranched alkanes of at least 4 members (excludes halogenated alkanes) is 1. The number of nitrogens with zero attached hydrogens (tertiary/aromatic N) is 4. The van der Waals surface area contributed by atoms with Crippen LogP contribution < -0.4 is 15.2 Å². The molecule has 336 valence electrons. The molecule has 4 N–H and O–H groups in total. The van der Waals surface area contributed by atoms with Crippen LogP contribution in [0.5, 0.6) is 11.5 Å². The number of methoxy groups -OCH3 is 2. The summed E-state index contributed by atoms with van der Waals surface area (Å²) in [7, 11) is 6.99. The summed E-state index contributed by atoms with van der Waals surface area (Å²) >= 11 is 6.07. The first kappa shape index (κ1) is 50.6. The number of aryl methyl sites for hydroxylation is 1. The summed E-state index contributed by atoms with van der Waals surface area (Å²) in [5, 5.41) is 13.5. The number of aromatic amines is 2. The first-order chi connectivity index (χ1) is 28.4. The summed E-state index contributed by atoms with van der Waals surface area (Å²) in [5.74, 6) is -6.54. The van der Waals surface area contributed by atoms with Crippen molar-refractivity contribution in [3.05, 3.63) is 69.2 Å². The van der Waals surface area contributed by atoms with Gasteiger partial charge in [-0.2, -0.15) is 10.2 Å². The van der Waals surface area contributed by atoms with Crippen molar-refractivity contribution in [2.75, 3.05) is 74.4 Å². The van der Waals surface area contributed by atoms with Gasteiger partial charge >= 0.3 is 0 Å². The van der Waals surface area contributed by atoms with E-state index in [4.69, 9.17) is 36.3 Å². The number of halogens is 6. The standard InChI is InChI=1S/C23H36F2N4O2.C20H27ClF3N3O2/c1-16(2)6-7-17-12-19(23(3,24)25)13-20(22(17)31-11-10-30-5)21-18(14-27-28-21)15-29(4)9-8-26;1-5-6-7-27(3)12-13-11-25-26-19(13)14-10-15(29-9-8-28-4)17(21)16(18(14)22)20(2,23)24/h12-14,16H,6-11,15,26H2,1-5H3,(H,27,28);10-11H,5-9,12H2,1-4H3,(H,25,26). The molecular weight excluding hydrogens is 809 g/mol. The molecule has 2 heterocycles. The van der Waals surface area contributed by atoms with E-state index in [0.29, 0.717) is 86.9 Å². The number of likely N-dealkylation sites (N-methyl/N-ethyl adjacent to an activating group) is 1. The molecule has 0 unspecified atom stereocenters. The van der Waals surface area contributed by atoms with Gasteiger partial charge in [-0.25, -0.2) is 22.0 Å². The number of ether oxygens (including phenoxy) is 4. The third kappa shape index (κ3) is 14.7. The maximum absolute atomic E-state index is 15.2. The van der Waals surface area contributed by atoms with Crippen LogP contribution in [0.2, 0.25) is 5.02 Å². The molecule has 11 nitrogen and oxygen atoms in total. The lowest BCUT2D eigenvalue weighted by atomic mass is 9.93. The predicted octanol–water partition coefficient (Wildman–Crippen LogP) is 9.43. The van der Waals surface area contributed by atoms with E-state index in [0.717, 1.165) is 43.9 Å². The molecule has 0 spiro atoms. The summed E-state index contributed by atoms with van der Waals surface area (Å²) in [6.45, 7) is 12.1. The van der Waals surface area contributed by atoms with Crippen molar-refractivity contribution in [2.24, 2.45) is 11.7 Å². The van der Waals surface area contributed by atoms with Crippen LogP contribution in [0.3, 0.4) is 0 Å². The molecule has 0 aliphatic rings. The Kier molecular flexibility index (Phi) is 20.2. The summed E-state index contributed by atoms with van der Waals surface area (Å²) in [5.41, 5.74) is 8.65. The zero-order chi connectivity index (χ0) is 44.6. The molecule has 17 heteroatoms. The average Bonchev–Trinajstić information content (AvgIpc) is 3.83. The van der Waals surface area contributed by atoms with E-state index in [1.807, 2.05) is 14.1 Å². The van der Waals surface area contributed by atoms with Crippen LogP contribution in [-0.4, -0.2) is 105 Å². The second-order valence-electron chi connectivity index (χ2n) is 15.5. The molecule has 0 atom stereocenters. The number of aromatic nitrogens is 4. The molecule has 0 radical (unpaired) electrons. The minimum atomic E-state index is -3.49. The number of rotatable bonds is 24. The van der Waals surface area contributed by atoms with Gasteiger partial charge in [-0.15, -0.1) is 0 Å². The Bertz CT molecular complexity index is 1900. The van der Waals surface area contributed by atoms with Crippen molar-refractivity contribution in [1.29, 1.82) is 0 Å². The third-order valence-corrected chi connectivity index (χ3v) is 9.98. The van der Waals surface area contributed by atoms with Crippen molar-refractivity contribution in [2.45, 2.75) is 85.2 Å². The first-order valence-corrected chi connectivity index (χ1v) is 20.6. The van der Waals surface area contributed by atoms with E-state index in [9.17, 15) is 17.6 Å². The topological polar surface area (TPSA) is 127 Å². The van der Waals surface area contributed by atoms with Crippen molar-refractivity contribution in [3.8, 4) is 34.0 Å². The van der Waals surface area contributed by atoms with Gasteiger partial charge in [-0.3, -0.25) is 10.2 Å². The van der Waals surface area contributed by atoms with Crippen LogP contribution in [0.15, 0.2) is 30.6 Å². The number of hydrogen-bond acceptors (Lipinski definition) is 9. The van der Waals surface area contributed by atoms with E-state index in [1.165, 1.54) is 19.2 Å². The maximum atomic E-state index is 15.2. The van der Waals surface area contributed by atoms with Crippen molar-refractivity contribution in [1.82, 2.24) is 30.2 Å². The number of alkyl halides is 4. The zero-order valence-corrected chi connectivity index (χ0v) is 37.2. The predicted molar refractivity (Wildman–Crippen MR) is 227 cm³/mol. The smallest absolute Gasteiger partial charge is 0.274 e. The van der Waals surface area contributed by atoms with Gasteiger partial charge in [0, 0.05) is 82.1 Å². The van der Waals surface area contributed by atoms with Gasteiger partial charge in [0.2, 0.25) is 0 Å². The molecule has 0 aliphatic carbocycles. The Labute approximate surface area is 356 Å². The first-order valence-electron chi connectivity index (χ1n) is 20.2. The molecule has 0 fully saturated rings. The molecule has 0 saturated heterocycles. The molecule has 0 bridgehead atoms. The van der Waals surface area contributed by atoms with E-state index in [-0.39, 0.29) is 30.1 Å². The summed E-state index contributed by atoms with van der Waals surface area (Å²) < 4.78 is 93.9. The summed E-state index contributed by atoms with van der Waals surface area (Å²) in [6, 6.07) is 4.41. The SMILES string of the molecule is CCCCN(C)Cc1cn[nH]c1-c1cc(OCCOC)c(Cl)c(C(C)(F)F)c1F.COCCOc1c(CCC(C)C)cc(C(C)(F)F)cc1-c1[nH]ncc1CN(C)CCN. The highest BCUT2D eigenvalue weighted by molar-refractivity contribution is 6.33. The average molecular weight is 872 g/mol. The molecule has 2 aromatic carbocycles. The number of H-pyrrole nitrogens is 2. The molecule has 0 amide bonds. The quantitative estimate of drug-likeness (QED) is 0.0467. The normalized spacial score (nSPS) is 12.1. The highest BCUT2D eigenvalue weighted by Gasteiger charge is 2.36. The van der Waals surface area contributed by atoms with E-state index >= 15 is 4.39 Å². The fourth-order valence-electron chi connectivity index (χ4n) is 6.39. The van der Waals surface area contributed by atoms with Gasteiger partial charge in [-0.1, -0.05) is 38.8 Å². The molecule has 0 saturated carbocycles. The van der Waals surface area contributed by atoms with Crippen molar-refractivity contribution >= 4 is 11.6 Å². The summed E-state index contributed by atoms with van der Waals surface area (Å²) in [4.78, 5) is 4.13. The second-order valence-corrected chi connectivity index (χ2v) is 15.9. The molecule has 2 aromatic heterocycles. The molecule has 4 aromatic rings. The Morgan fingerprint density at radius 2 is 1.37 bits per heavy atom. The minimum Gasteiger partial charge on any atom is -0.490 e. The molecule has 0 aliphatic heterocycles. The number of hydrogen-bond donors (Lipinski definition) is 3. The lowest BCUT2D eigenvalue weighted by Gasteiger charge is -2.21. The van der Waals surface area contributed by atoms with Crippen molar-refractivity contribution < 1.29 is 40.9 Å². The van der Waals surface area contributed by atoms with Crippen LogP contribution in [0.25, 0.3) is 22.5 Å². The lowest BCUT2D eigenvalue weighted by Crippen LogP contribution is -2.25. The lowest BCUT2D eigenvalue weighted by molar-refractivity contribution is 0.0135. The Hall–Kier alpha value is -3.80. The monoisotopic (exact) mass is 871 g/mol. The molecule has 4 rings (SSSR count). The van der Waals surface area contributed by atoms with Crippen molar-refractivity contribution in [3.63, 3.8) is 0 Å². The molecular formula is C43H63ClF5N7O4. The van der Waals surface area contributed by atoms with E-state index in [1.54, 1.807) is 25.6 Å². The number of nitrogens with two attached hydrogens (primary N) is 1. The number of benzene rings is 2. The number of nitrogens with one attached hydrogen (secondary N) is 2. The molecule has 60 heavy (non-hydrogen) atoms. The Morgan fingerprint density at radius 1 is 0.800 bits per heavy atom. The van der Waals surface area contributed by atoms with Gasteiger partial charge in [-0.05, 0) is 69.6 Å². The zero-order valence-electron chi connectivity index (χ0n) is 36.4. The largest absolute Gasteiger partial charge is 0.490 e. The van der Waals surface area contributed by atoms with Gasteiger partial charge in [0.25, 0.3) is 11.8 Å². The Balaban J connectivity index is 0.000000321. The van der Waals surface area contributed by atoms with Gasteiger partial charge in [0.05, 0.1) is 47.6 Å². The van der Waals surface area contributed by atoms with Gasteiger partial charge in [0.15, 0.2) is 0 Å². The maximum Gasteiger partial charge on any atom is 0.274 e. The van der Waals surface area contributed by atoms with Gasteiger partial charge < -0.3 is 34.5 Å². The fraction of sp³-hybridized carbons (Fsp3) is 0.581. The third-order valence-electron chi connectivity index (χ3n) is 9.61. The highest BCUT2D eigenvalue weighted by atomic mass is 35.5. The second kappa shape index (κ2) is 24.0. The fourth-order valence-corrected chi connectivity index (χ4v) is 6.75.